The number of aliphatic hydroxyl groups excluding tert-OH is 3. The molecule has 0 spiro atoms. The molecule has 3 saturated heterocycles. The monoisotopic (exact) mass is 1560 g/mol. The number of unbranched alkanes of at least 4 members (excludes halogenated alkanes) is 1. The van der Waals surface area contributed by atoms with Crippen molar-refractivity contribution >= 4 is 27.6 Å². The number of sulfonamides is 1. The molecular formula is C82H110N16O13S. The number of aliphatic hydroxyl groups is 3. The SMILES string of the molecule is CNCC(O)COc1cccc(-c2nc(-c3c(C)noc3C)cc(N(CCOC)C3CCCCC3)n2)c1.CNCC(O)COc1cccc(-c2nc(-c3c(C)noc3C)cc(N3C[C@H]4C[C@@H]3CN4S(C)(=O)=O)n2)c1.CNCC(O)COc1cccc(-c2nc(CCCCN3CCCCCC3=O)cc(-c3c(C)noc3C)n2)c1. The van der Waals surface area contributed by atoms with Crippen molar-refractivity contribution in [3.8, 4) is 85.2 Å². The number of nitrogens with zero attached hydrogens (tertiary/aromatic N) is 13. The number of benzene rings is 3. The number of carbonyl (C=O) groups excluding carboxylic acids is 1. The number of fused-ring (bicyclic) bond motifs is 2. The summed E-state index contributed by atoms with van der Waals surface area (Å²) in [5.41, 5.74) is 10.5. The van der Waals surface area contributed by atoms with E-state index in [4.69, 9.17) is 62.4 Å². The van der Waals surface area contributed by atoms with Crippen LogP contribution in [0.15, 0.2) is 105 Å². The Labute approximate surface area is 656 Å². The summed E-state index contributed by atoms with van der Waals surface area (Å²) in [6.45, 7) is 17.3. The maximum atomic E-state index is 12.3. The van der Waals surface area contributed by atoms with Gasteiger partial charge in [0, 0.05) is 119 Å². The molecule has 1 saturated carbocycles. The zero-order valence-corrected chi connectivity index (χ0v) is 67.3. The maximum absolute atomic E-state index is 12.3. The van der Waals surface area contributed by atoms with Crippen molar-refractivity contribution in [3.63, 3.8) is 0 Å². The van der Waals surface area contributed by atoms with Crippen LogP contribution in [0, 0.1) is 41.5 Å². The lowest BCUT2D eigenvalue weighted by Crippen LogP contribution is -2.48. The van der Waals surface area contributed by atoms with Gasteiger partial charge in [-0.2, -0.15) is 4.31 Å². The third kappa shape index (κ3) is 22.1. The molecule has 1 aliphatic carbocycles. The number of carbonyl (C=O) groups is 1. The van der Waals surface area contributed by atoms with Gasteiger partial charge in [0.05, 0.1) is 63.7 Å². The number of piperazine rings is 1. The van der Waals surface area contributed by atoms with Crippen LogP contribution in [0.3, 0.4) is 0 Å². The molecule has 6 aromatic heterocycles. The lowest BCUT2D eigenvalue weighted by Gasteiger charge is -2.35. The molecule has 30 heteroatoms. The lowest BCUT2D eigenvalue weighted by atomic mass is 9.94. The van der Waals surface area contributed by atoms with Crippen molar-refractivity contribution in [2.24, 2.45) is 0 Å². The van der Waals surface area contributed by atoms with E-state index in [-0.39, 0.29) is 37.8 Å². The highest BCUT2D eigenvalue weighted by Gasteiger charge is 2.47. The summed E-state index contributed by atoms with van der Waals surface area (Å²) in [4.78, 5) is 48.5. The van der Waals surface area contributed by atoms with Crippen molar-refractivity contribution in [2.45, 2.75) is 161 Å². The van der Waals surface area contributed by atoms with E-state index in [1.807, 2.05) is 131 Å². The maximum Gasteiger partial charge on any atom is 0.222 e. The van der Waals surface area contributed by atoms with Gasteiger partial charge in [0.25, 0.3) is 0 Å². The standard InChI is InChI=1S/C29H39N5O4.C28H39N5O4.C25H32N6O5S/c1-20-28(21(2)38-33-20)26-17-23(11-6-8-15-34-14-7-4-5-13-27(34)36)31-29(32-26)22-10-9-12-25(16-22)37-19-24(35)18-30-3;1-19-27(20(2)37-32-19)25-16-26(33(13-14-35-4)22-10-6-5-7-11-22)31-28(30-25)21-9-8-12-24(15-21)36-18-23(34)17-29-3;1-15-24(16(2)36-29-15)22-10-23(30-12-19-9-18(30)13-31(19)37(4,33)34)28-25(27-22)17-6-5-7-21(8-17)35-14-20(32)11-26-3/h9-10,12,16-17,24,30,35H,4-8,11,13-15,18-19H2,1-3H3;8-9,12,15-16,22-23,29,34H,5-7,10-11,13-14,17-18H2,1-4H3;5-8,10,18-20,26,32H,9,11-14H2,1-4H3/t;;18-,19-,20?/m..1/s1. The van der Waals surface area contributed by atoms with E-state index in [9.17, 15) is 28.5 Å². The summed E-state index contributed by atoms with van der Waals surface area (Å²) in [5, 5.41) is 51.2. The molecule has 9 aromatic rings. The second-order valence-corrected chi connectivity index (χ2v) is 31.3. The Morgan fingerprint density at radius 1 is 0.571 bits per heavy atom. The second kappa shape index (κ2) is 39.9. The summed E-state index contributed by atoms with van der Waals surface area (Å²) < 4.78 is 65.2. The Kier molecular flexibility index (Phi) is 29.8. The quantitative estimate of drug-likeness (QED) is 0.0208. The minimum absolute atomic E-state index is 0.0447. The first-order chi connectivity index (χ1) is 54.1. The van der Waals surface area contributed by atoms with Crippen molar-refractivity contribution < 1.29 is 61.0 Å². The topological polar surface area (TPSA) is 353 Å². The van der Waals surface area contributed by atoms with Crippen LogP contribution in [-0.2, 0) is 26.0 Å². The van der Waals surface area contributed by atoms with Crippen molar-refractivity contribution in [2.75, 3.05) is 123 Å². The predicted molar refractivity (Wildman–Crippen MR) is 429 cm³/mol. The van der Waals surface area contributed by atoms with Gasteiger partial charge in [-0.15, -0.1) is 0 Å². The molecule has 29 nitrogen and oxygen atoms in total. The van der Waals surface area contributed by atoms with Gasteiger partial charge in [-0.3, -0.25) is 4.79 Å². The van der Waals surface area contributed by atoms with Crippen LogP contribution in [0.4, 0.5) is 11.6 Å². The summed E-state index contributed by atoms with van der Waals surface area (Å²) in [7, 11) is 3.85. The Hall–Kier alpha value is -9.37. The first-order valence-corrected chi connectivity index (χ1v) is 40.8. The molecule has 9 heterocycles. The van der Waals surface area contributed by atoms with E-state index in [1.165, 1.54) is 25.5 Å². The van der Waals surface area contributed by atoms with Crippen molar-refractivity contribution in [1.82, 2.24) is 70.5 Å². The zero-order chi connectivity index (χ0) is 79.4. The summed E-state index contributed by atoms with van der Waals surface area (Å²) >= 11 is 0. The van der Waals surface area contributed by atoms with E-state index in [2.05, 4.69) is 47.3 Å². The van der Waals surface area contributed by atoms with Crippen LogP contribution in [0.5, 0.6) is 17.2 Å². The molecule has 6 N–H and O–H groups in total. The molecule has 2 bridgehead atoms. The summed E-state index contributed by atoms with van der Waals surface area (Å²) in [5.74, 6) is 7.61. The van der Waals surface area contributed by atoms with Crippen LogP contribution in [0.1, 0.15) is 117 Å². The Bertz CT molecular complexity index is 4610. The molecule has 1 amide bonds. The second-order valence-electron chi connectivity index (χ2n) is 29.3. The van der Waals surface area contributed by atoms with Gasteiger partial charge in [-0.1, -0.05) is 77.6 Å². The van der Waals surface area contributed by atoms with Crippen LogP contribution < -0.4 is 40.0 Å². The molecule has 3 unspecified atom stereocenters. The largest absolute Gasteiger partial charge is 0.491 e. The number of hydrogen-bond acceptors (Lipinski definition) is 27. The molecule has 4 aliphatic rings. The fourth-order valence-corrected chi connectivity index (χ4v) is 16.1. The highest BCUT2D eigenvalue weighted by molar-refractivity contribution is 7.88. The van der Waals surface area contributed by atoms with E-state index >= 15 is 0 Å². The number of likely N-dealkylation sites (tertiary alicyclic amines) is 1. The number of ether oxygens (including phenoxy) is 4. The number of nitrogens with one attached hydrogen (secondary N) is 3. The average molecular weight is 1560 g/mol. The molecule has 3 aliphatic heterocycles. The first kappa shape index (κ1) is 83.6. The van der Waals surface area contributed by atoms with Gasteiger partial charge in [-0.25, -0.2) is 38.3 Å². The third-order valence-electron chi connectivity index (χ3n) is 20.5. The van der Waals surface area contributed by atoms with Gasteiger partial charge < -0.3 is 78.5 Å². The Balaban J connectivity index is 0.000000166. The van der Waals surface area contributed by atoms with Gasteiger partial charge in [-0.05, 0) is 157 Å². The number of rotatable bonds is 33. The summed E-state index contributed by atoms with van der Waals surface area (Å²) in [6.07, 6.45) is 12.8. The molecule has 602 valence electrons. The van der Waals surface area contributed by atoms with E-state index < -0.39 is 28.3 Å². The summed E-state index contributed by atoms with van der Waals surface area (Å²) in [6, 6.07) is 29.1. The van der Waals surface area contributed by atoms with Crippen molar-refractivity contribution in [1.29, 1.82) is 0 Å². The smallest absolute Gasteiger partial charge is 0.222 e. The van der Waals surface area contributed by atoms with Crippen LogP contribution in [-0.4, -0.2) is 234 Å². The minimum atomic E-state index is -3.25. The number of likely N-dealkylation sites (N-methyl/N-ethyl adjacent to an activating group) is 3. The number of hydrogen-bond donors (Lipinski definition) is 6. The predicted octanol–water partition coefficient (Wildman–Crippen LogP) is 9.86. The fourth-order valence-electron chi connectivity index (χ4n) is 15.0. The number of aromatic nitrogens is 9. The normalized spacial score (nSPS) is 16.8. The van der Waals surface area contributed by atoms with E-state index in [0.29, 0.717) is 104 Å². The number of aryl methyl sites for hydroxylation is 7. The average Bonchev–Trinajstić information content (AvgIpc) is 1.58. The highest BCUT2D eigenvalue weighted by atomic mass is 32.2. The van der Waals surface area contributed by atoms with Crippen LogP contribution in [0.25, 0.3) is 67.9 Å². The number of methoxy groups -OCH3 is 1. The molecule has 4 fully saturated rings. The first-order valence-electron chi connectivity index (χ1n) is 39.0. The molecule has 3 aromatic carbocycles. The van der Waals surface area contributed by atoms with E-state index in [0.717, 1.165) is 162 Å². The third-order valence-corrected chi connectivity index (χ3v) is 21.8. The van der Waals surface area contributed by atoms with Gasteiger partial charge in [0.15, 0.2) is 17.5 Å². The molecule has 5 atom stereocenters. The van der Waals surface area contributed by atoms with E-state index in [1.54, 1.807) is 32.6 Å². The van der Waals surface area contributed by atoms with Crippen LogP contribution in [0.2, 0.25) is 0 Å². The van der Waals surface area contributed by atoms with Gasteiger partial charge >= 0.3 is 0 Å². The van der Waals surface area contributed by atoms with Gasteiger partial charge in [0.2, 0.25) is 15.9 Å². The molecule has 0 radical (unpaired) electrons. The number of amides is 1. The zero-order valence-electron chi connectivity index (χ0n) is 66.4. The highest BCUT2D eigenvalue weighted by Crippen LogP contribution is 2.40. The molecule has 112 heavy (non-hydrogen) atoms. The van der Waals surface area contributed by atoms with Crippen molar-refractivity contribution in [3.05, 3.63) is 131 Å². The minimum Gasteiger partial charge on any atom is -0.491 e. The molecular weight excluding hydrogens is 1450 g/mol. The number of anilines is 2. The Morgan fingerprint density at radius 3 is 1.52 bits per heavy atom. The lowest BCUT2D eigenvalue weighted by molar-refractivity contribution is -0.130. The Morgan fingerprint density at radius 2 is 1.05 bits per heavy atom. The van der Waals surface area contributed by atoms with Crippen LogP contribution >= 0.6 is 0 Å². The fraction of sp³-hybridized carbons (Fsp3) is 0.512. The van der Waals surface area contributed by atoms with Gasteiger partial charge in [0.1, 0.15) is 84.3 Å². The molecule has 13 rings (SSSR count).